The van der Waals surface area contributed by atoms with Crippen molar-refractivity contribution < 1.29 is 13.9 Å². The Morgan fingerprint density at radius 3 is 2.43 bits per heavy atom. The highest BCUT2D eigenvalue weighted by Gasteiger charge is 2.24. The average Bonchev–Trinajstić information content (AvgIpc) is 3.17. The summed E-state index contributed by atoms with van der Waals surface area (Å²) in [5.74, 6) is 0.907. The van der Waals surface area contributed by atoms with Gasteiger partial charge in [-0.25, -0.2) is 4.39 Å². The Morgan fingerprint density at radius 2 is 1.77 bits per heavy atom. The minimum Gasteiger partial charge on any atom is -0.457 e. The summed E-state index contributed by atoms with van der Waals surface area (Å²) in [7, 11) is 0. The third-order valence-corrected chi connectivity index (χ3v) is 5.40. The number of benzene rings is 2. The summed E-state index contributed by atoms with van der Waals surface area (Å²) in [4.78, 5) is 13.8. The van der Waals surface area contributed by atoms with Gasteiger partial charge in [-0.3, -0.25) is 4.79 Å². The minimum atomic E-state index is -0.298. The Kier molecular flexibility index (Phi) is 5.57. The first kappa shape index (κ1) is 19.8. The van der Waals surface area contributed by atoms with Crippen molar-refractivity contribution in [2.75, 3.05) is 18.8 Å². The van der Waals surface area contributed by atoms with Gasteiger partial charge in [0.15, 0.2) is 0 Å². The molecule has 0 spiro atoms. The lowest BCUT2D eigenvalue weighted by Crippen LogP contribution is -2.39. The molecule has 1 fully saturated rings. The predicted molar refractivity (Wildman–Crippen MR) is 116 cm³/mol. The van der Waals surface area contributed by atoms with Gasteiger partial charge < -0.3 is 19.9 Å². The van der Waals surface area contributed by atoms with Crippen molar-refractivity contribution in [3.8, 4) is 22.6 Å². The third-order valence-electron chi connectivity index (χ3n) is 5.40. The zero-order valence-electron chi connectivity index (χ0n) is 16.6. The van der Waals surface area contributed by atoms with E-state index in [9.17, 15) is 9.18 Å². The van der Waals surface area contributed by atoms with Crippen LogP contribution in [0.1, 0.15) is 18.9 Å². The quantitative estimate of drug-likeness (QED) is 0.607. The second-order valence-corrected chi connectivity index (χ2v) is 7.44. The van der Waals surface area contributed by atoms with E-state index < -0.39 is 0 Å². The maximum Gasteiger partial charge on any atom is 0.246 e. The number of likely N-dealkylation sites (tertiary alicyclic amines) is 1. The van der Waals surface area contributed by atoms with Crippen LogP contribution in [0.4, 0.5) is 10.1 Å². The summed E-state index contributed by atoms with van der Waals surface area (Å²) in [5, 5.41) is 0. The lowest BCUT2D eigenvalue weighted by molar-refractivity contribution is -0.127. The Bertz CT molecular complexity index is 1040. The number of anilines is 1. The normalized spacial score (nSPS) is 16.3. The topological polar surface area (TPSA) is 60.5 Å². The van der Waals surface area contributed by atoms with Crippen molar-refractivity contribution in [3.05, 3.63) is 79.4 Å². The number of rotatable bonds is 5. The van der Waals surface area contributed by atoms with Gasteiger partial charge in [-0.15, -0.1) is 0 Å². The van der Waals surface area contributed by atoms with Crippen molar-refractivity contribution in [3.63, 3.8) is 0 Å². The molecule has 6 heteroatoms. The van der Waals surface area contributed by atoms with Crippen LogP contribution in [0.2, 0.25) is 0 Å². The molecule has 1 atom stereocenters. The van der Waals surface area contributed by atoms with Crippen molar-refractivity contribution in [2.45, 2.75) is 18.9 Å². The van der Waals surface area contributed by atoms with Gasteiger partial charge in [-0.05, 0) is 60.9 Å². The van der Waals surface area contributed by atoms with Crippen LogP contribution in [-0.4, -0.2) is 28.5 Å². The lowest BCUT2D eigenvalue weighted by Gasteiger charge is -2.33. The zero-order chi connectivity index (χ0) is 21.1. The van der Waals surface area contributed by atoms with Crippen molar-refractivity contribution in [2.24, 2.45) is 0 Å². The second-order valence-electron chi connectivity index (χ2n) is 7.44. The van der Waals surface area contributed by atoms with Crippen LogP contribution in [0.3, 0.4) is 0 Å². The molecule has 1 unspecified atom stereocenters. The highest BCUT2D eigenvalue weighted by molar-refractivity contribution is 5.87. The molecule has 154 valence electrons. The predicted octanol–water partition coefficient (Wildman–Crippen LogP) is 5.02. The molecule has 0 radical (unpaired) electrons. The van der Waals surface area contributed by atoms with Crippen LogP contribution < -0.4 is 10.5 Å². The Hall–Kier alpha value is -3.54. The number of carbonyl (C=O) groups excluding carboxylic acids is 1. The SMILES string of the molecule is C=CC(=O)N1CCCC(n2cc(N)c(-c3ccc(Oc4ccc(F)cc4)cc3)c2)C1. The molecule has 4 rings (SSSR count). The first-order valence-electron chi connectivity index (χ1n) is 9.95. The van der Waals surface area contributed by atoms with Gasteiger partial charge in [-0.2, -0.15) is 0 Å². The zero-order valence-corrected chi connectivity index (χ0v) is 16.6. The van der Waals surface area contributed by atoms with E-state index in [1.165, 1.54) is 18.2 Å². The number of carbonyl (C=O) groups is 1. The highest BCUT2D eigenvalue weighted by atomic mass is 19.1. The van der Waals surface area contributed by atoms with Gasteiger partial charge in [0.1, 0.15) is 17.3 Å². The molecule has 2 aromatic carbocycles. The number of nitrogen functional groups attached to an aromatic ring is 1. The summed E-state index contributed by atoms with van der Waals surface area (Å²) >= 11 is 0. The summed E-state index contributed by atoms with van der Waals surface area (Å²) in [6.07, 6.45) is 7.29. The van der Waals surface area contributed by atoms with Crippen LogP contribution in [0.5, 0.6) is 11.5 Å². The van der Waals surface area contributed by atoms with E-state index in [0.29, 0.717) is 23.7 Å². The fourth-order valence-corrected chi connectivity index (χ4v) is 3.81. The second kappa shape index (κ2) is 8.45. The number of nitrogens with zero attached hydrogens (tertiary/aromatic N) is 2. The van der Waals surface area contributed by atoms with Crippen LogP contribution in [0, 0.1) is 5.82 Å². The van der Waals surface area contributed by atoms with Crippen molar-refractivity contribution in [1.29, 1.82) is 0 Å². The summed E-state index contributed by atoms with van der Waals surface area (Å²) in [6.45, 7) is 5.00. The largest absolute Gasteiger partial charge is 0.457 e. The van der Waals surface area contributed by atoms with Crippen LogP contribution in [-0.2, 0) is 4.79 Å². The fourth-order valence-electron chi connectivity index (χ4n) is 3.81. The van der Waals surface area contributed by atoms with Crippen LogP contribution >= 0.6 is 0 Å². The molecular weight excluding hydrogens is 381 g/mol. The van der Waals surface area contributed by atoms with E-state index in [0.717, 1.165) is 30.5 Å². The molecule has 5 nitrogen and oxygen atoms in total. The molecule has 1 aliphatic rings. The molecule has 1 aliphatic heterocycles. The summed E-state index contributed by atoms with van der Waals surface area (Å²) < 4.78 is 20.9. The fraction of sp³-hybridized carbons (Fsp3) is 0.208. The molecular formula is C24H24FN3O2. The molecule has 2 heterocycles. The summed E-state index contributed by atoms with van der Waals surface area (Å²) in [6, 6.07) is 13.7. The number of piperidine rings is 1. The highest BCUT2D eigenvalue weighted by Crippen LogP contribution is 2.33. The monoisotopic (exact) mass is 405 g/mol. The molecule has 0 aliphatic carbocycles. The van der Waals surface area contributed by atoms with Crippen LogP contribution in [0.15, 0.2) is 73.6 Å². The smallest absolute Gasteiger partial charge is 0.246 e. The number of amides is 1. The van der Waals surface area contributed by atoms with Gasteiger partial charge in [0.05, 0.1) is 11.7 Å². The first-order valence-corrected chi connectivity index (χ1v) is 9.95. The van der Waals surface area contributed by atoms with Gasteiger partial charge in [0.25, 0.3) is 0 Å². The number of ether oxygens (including phenoxy) is 1. The standard InChI is InChI=1S/C24H24FN3O2/c1-2-24(29)27-13-3-4-19(14-27)28-15-22(23(26)16-28)17-5-9-20(10-6-17)30-21-11-7-18(25)8-12-21/h2,5-12,15-16,19H,1,3-4,13-14,26H2. The molecule has 1 saturated heterocycles. The molecule has 0 bridgehead atoms. The summed E-state index contributed by atoms with van der Waals surface area (Å²) in [5.41, 5.74) is 8.90. The van der Waals surface area contributed by atoms with E-state index in [-0.39, 0.29) is 17.8 Å². The van der Waals surface area contributed by atoms with Gasteiger partial charge >= 0.3 is 0 Å². The molecule has 1 amide bonds. The molecule has 30 heavy (non-hydrogen) atoms. The number of halogens is 1. The van der Waals surface area contributed by atoms with E-state index in [1.807, 2.05) is 41.6 Å². The third kappa shape index (κ3) is 4.22. The Morgan fingerprint density at radius 1 is 1.10 bits per heavy atom. The van der Waals surface area contributed by atoms with Crippen molar-refractivity contribution in [1.82, 2.24) is 9.47 Å². The minimum absolute atomic E-state index is 0.0307. The maximum atomic E-state index is 13.0. The maximum absolute atomic E-state index is 13.0. The van der Waals surface area contributed by atoms with Crippen molar-refractivity contribution >= 4 is 11.6 Å². The van der Waals surface area contributed by atoms with E-state index in [4.69, 9.17) is 10.5 Å². The first-order chi connectivity index (χ1) is 14.5. The van der Waals surface area contributed by atoms with Gasteiger partial charge in [-0.1, -0.05) is 18.7 Å². The van der Waals surface area contributed by atoms with E-state index >= 15 is 0 Å². The molecule has 0 saturated carbocycles. The number of hydrogen-bond donors (Lipinski definition) is 1. The van der Waals surface area contributed by atoms with E-state index in [1.54, 1.807) is 12.1 Å². The Labute approximate surface area is 175 Å². The Balaban J connectivity index is 1.49. The molecule has 1 aromatic heterocycles. The average molecular weight is 405 g/mol. The molecule has 2 N–H and O–H groups in total. The van der Waals surface area contributed by atoms with Gasteiger partial charge in [0, 0.05) is 31.0 Å². The van der Waals surface area contributed by atoms with E-state index in [2.05, 4.69) is 11.1 Å². The number of nitrogens with two attached hydrogens (primary N) is 1. The van der Waals surface area contributed by atoms with Crippen LogP contribution in [0.25, 0.3) is 11.1 Å². The lowest BCUT2D eigenvalue weighted by atomic mass is 10.1. The number of aromatic nitrogens is 1. The number of hydrogen-bond acceptors (Lipinski definition) is 3. The molecule has 3 aromatic rings. The van der Waals surface area contributed by atoms with Gasteiger partial charge in [0.2, 0.25) is 5.91 Å².